The number of carbonyl (C=O) groups excluding carboxylic acids is 1. The molecule has 0 aromatic heterocycles. The van der Waals surface area contributed by atoms with Crippen LogP contribution in [0.4, 0.5) is 30.7 Å². The Hall–Kier alpha value is -0.470. The monoisotopic (exact) mass is 300 g/mol. The summed E-state index contributed by atoms with van der Waals surface area (Å²) in [6, 6.07) is 0. The van der Waals surface area contributed by atoms with E-state index in [0.717, 1.165) is 6.92 Å². The van der Waals surface area contributed by atoms with Crippen LogP contribution in [0.2, 0.25) is 0 Å². The van der Waals surface area contributed by atoms with E-state index in [4.69, 9.17) is 0 Å². The summed E-state index contributed by atoms with van der Waals surface area (Å²) in [5.74, 6) is -10.7. The zero-order chi connectivity index (χ0) is 14.6. The van der Waals surface area contributed by atoms with Crippen molar-refractivity contribution in [3.63, 3.8) is 0 Å². The number of alkyl halides is 7. The fourth-order valence-corrected chi connectivity index (χ4v) is 1.66. The maximum absolute atomic E-state index is 13.0. The molecule has 0 aromatic carbocycles. The third-order valence-electron chi connectivity index (χ3n) is 1.97. The first-order valence-electron chi connectivity index (χ1n) is 4.82. The number of hydrogen-bond acceptors (Lipinski definition) is 2. The third kappa shape index (κ3) is 5.03. The predicted molar refractivity (Wildman–Crippen MR) is 53.2 cm³/mol. The first-order chi connectivity index (χ1) is 8.00. The average molecular weight is 300 g/mol. The molecule has 9 heteroatoms. The van der Waals surface area contributed by atoms with Gasteiger partial charge in [-0.05, 0) is 6.42 Å². The SMILES string of the molecule is CC(=O)SCCC(F)C(F)(F)C(F)(F)CC(F)F. The molecule has 1 unspecified atom stereocenters. The van der Waals surface area contributed by atoms with Crippen LogP contribution in [0.3, 0.4) is 0 Å². The topological polar surface area (TPSA) is 17.1 Å². The second-order valence-corrected chi connectivity index (χ2v) is 4.79. The maximum atomic E-state index is 13.0. The minimum Gasteiger partial charge on any atom is -0.288 e. The molecule has 0 rings (SSSR count). The van der Waals surface area contributed by atoms with Gasteiger partial charge in [0.15, 0.2) is 11.3 Å². The van der Waals surface area contributed by atoms with Crippen molar-refractivity contribution in [1.82, 2.24) is 0 Å². The van der Waals surface area contributed by atoms with Crippen LogP contribution in [0.1, 0.15) is 19.8 Å². The van der Waals surface area contributed by atoms with Gasteiger partial charge in [0.2, 0.25) is 6.43 Å². The average Bonchev–Trinajstić information content (AvgIpc) is 2.14. The zero-order valence-electron chi connectivity index (χ0n) is 9.24. The molecule has 0 fully saturated rings. The van der Waals surface area contributed by atoms with Crippen molar-refractivity contribution >= 4 is 16.9 Å². The Kier molecular flexibility index (Phi) is 6.45. The van der Waals surface area contributed by atoms with Gasteiger partial charge in [0.05, 0.1) is 6.42 Å². The van der Waals surface area contributed by atoms with Crippen molar-refractivity contribution in [2.24, 2.45) is 0 Å². The summed E-state index contributed by atoms with van der Waals surface area (Å²) in [4.78, 5) is 10.4. The lowest BCUT2D eigenvalue weighted by Crippen LogP contribution is -2.49. The van der Waals surface area contributed by atoms with Crippen LogP contribution in [0.15, 0.2) is 0 Å². The van der Waals surface area contributed by atoms with Gasteiger partial charge < -0.3 is 0 Å². The van der Waals surface area contributed by atoms with E-state index in [-0.39, 0.29) is 0 Å². The molecule has 0 aliphatic rings. The molecule has 1 nitrogen and oxygen atoms in total. The minimum atomic E-state index is -5.18. The molecule has 0 aliphatic carbocycles. The van der Waals surface area contributed by atoms with Crippen molar-refractivity contribution in [2.75, 3.05) is 5.75 Å². The van der Waals surface area contributed by atoms with Crippen molar-refractivity contribution < 1.29 is 35.5 Å². The van der Waals surface area contributed by atoms with Crippen LogP contribution in [0.25, 0.3) is 0 Å². The predicted octanol–water partition coefficient (Wildman–Crippen LogP) is 3.92. The van der Waals surface area contributed by atoms with E-state index in [1.807, 2.05) is 0 Å². The van der Waals surface area contributed by atoms with E-state index in [0.29, 0.717) is 11.8 Å². The van der Waals surface area contributed by atoms with E-state index in [9.17, 15) is 35.5 Å². The highest BCUT2D eigenvalue weighted by Crippen LogP contribution is 2.43. The van der Waals surface area contributed by atoms with Crippen molar-refractivity contribution in [2.45, 2.75) is 44.2 Å². The molecule has 0 bridgehead atoms. The molecule has 0 spiro atoms. The Morgan fingerprint density at radius 3 is 2.06 bits per heavy atom. The highest BCUT2D eigenvalue weighted by Gasteiger charge is 2.62. The van der Waals surface area contributed by atoms with Gasteiger partial charge >= 0.3 is 11.8 Å². The highest BCUT2D eigenvalue weighted by atomic mass is 32.2. The molecule has 0 aromatic rings. The fraction of sp³-hybridized carbons (Fsp3) is 0.889. The van der Waals surface area contributed by atoms with Crippen LogP contribution in [0.5, 0.6) is 0 Å². The summed E-state index contributed by atoms with van der Waals surface area (Å²) >= 11 is 0.495. The molecular weight excluding hydrogens is 289 g/mol. The number of carbonyl (C=O) groups is 1. The largest absolute Gasteiger partial charge is 0.340 e. The quantitative estimate of drug-likeness (QED) is 0.663. The van der Waals surface area contributed by atoms with Crippen LogP contribution in [-0.2, 0) is 4.79 Å². The normalized spacial score (nSPS) is 14.9. The number of hydrogen-bond donors (Lipinski definition) is 0. The van der Waals surface area contributed by atoms with Gasteiger partial charge in [-0.1, -0.05) is 11.8 Å². The molecule has 108 valence electrons. The van der Waals surface area contributed by atoms with Crippen molar-refractivity contribution in [3.8, 4) is 0 Å². The van der Waals surface area contributed by atoms with Gasteiger partial charge in [-0.15, -0.1) is 0 Å². The number of halogens is 7. The first-order valence-corrected chi connectivity index (χ1v) is 5.80. The summed E-state index contributed by atoms with van der Waals surface area (Å²) in [7, 11) is 0. The Morgan fingerprint density at radius 2 is 1.67 bits per heavy atom. The van der Waals surface area contributed by atoms with E-state index >= 15 is 0 Å². The highest BCUT2D eigenvalue weighted by molar-refractivity contribution is 8.13. The van der Waals surface area contributed by atoms with Crippen molar-refractivity contribution in [1.29, 1.82) is 0 Å². The van der Waals surface area contributed by atoms with Crippen molar-refractivity contribution in [3.05, 3.63) is 0 Å². The van der Waals surface area contributed by atoms with E-state index < -0.39 is 48.2 Å². The summed E-state index contributed by atoms with van der Waals surface area (Å²) in [6.07, 6.45) is -10.4. The second kappa shape index (κ2) is 6.63. The van der Waals surface area contributed by atoms with Gasteiger partial charge in [0.25, 0.3) is 0 Å². The number of thioether (sulfide) groups is 1. The summed E-state index contributed by atoms with van der Waals surface area (Å²) < 4.78 is 87.7. The molecule has 0 heterocycles. The minimum absolute atomic E-state index is 0.420. The zero-order valence-corrected chi connectivity index (χ0v) is 10.1. The van der Waals surface area contributed by atoms with Crippen LogP contribution >= 0.6 is 11.8 Å². The molecule has 0 N–H and O–H groups in total. The molecule has 1 atom stereocenters. The van der Waals surface area contributed by atoms with E-state index in [1.54, 1.807) is 0 Å². The first kappa shape index (κ1) is 17.5. The molecule has 0 saturated heterocycles. The van der Waals surface area contributed by atoms with Crippen LogP contribution in [-0.4, -0.2) is 35.3 Å². The fourth-order valence-electron chi connectivity index (χ4n) is 1.05. The molecule has 0 aliphatic heterocycles. The molecular formula is C9H11F7OS. The Morgan fingerprint density at radius 1 is 1.17 bits per heavy atom. The molecule has 18 heavy (non-hydrogen) atoms. The smallest absolute Gasteiger partial charge is 0.288 e. The second-order valence-electron chi connectivity index (χ2n) is 3.52. The number of rotatable bonds is 7. The van der Waals surface area contributed by atoms with Crippen LogP contribution < -0.4 is 0 Å². The van der Waals surface area contributed by atoms with Crippen LogP contribution in [0, 0.1) is 0 Å². The summed E-state index contributed by atoms with van der Waals surface area (Å²) in [5, 5.41) is -0.482. The Labute approximate surface area is 103 Å². The molecule has 0 saturated carbocycles. The molecule has 0 radical (unpaired) electrons. The Bertz CT molecular complexity index is 282. The lowest BCUT2D eigenvalue weighted by atomic mass is 10.0. The van der Waals surface area contributed by atoms with Gasteiger partial charge in [-0.3, -0.25) is 4.79 Å². The lowest BCUT2D eigenvalue weighted by Gasteiger charge is -2.28. The maximum Gasteiger partial charge on any atom is 0.340 e. The van der Waals surface area contributed by atoms with Gasteiger partial charge in [0.1, 0.15) is 0 Å². The Balaban J connectivity index is 4.53. The van der Waals surface area contributed by atoms with Gasteiger partial charge in [-0.25, -0.2) is 13.2 Å². The lowest BCUT2D eigenvalue weighted by molar-refractivity contribution is -0.251. The third-order valence-corrected chi connectivity index (χ3v) is 2.81. The van der Waals surface area contributed by atoms with Gasteiger partial charge in [0, 0.05) is 12.7 Å². The van der Waals surface area contributed by atoms with E-state index in [2.05, 4.69) is 0 Å². The van der Waals surface area contributed by atoms with E-state index in [1.165, 1.54) is 0 Å². The van der Waals surface area contributed by atoms with Gasteiger partial charge in [-0.2, -0.15) is 17.6 Å². The molecule has 0 amide bonds. The summed E-state index contributed by atoms with van der Waals surface area (Å²) in [6.45, 7) is 1.10. The standard InChI is InChI=1S/C9H11F7OS/c1-5(17)18-3-2-6(10)9(15,16)8(13,14)4-7(11)12/h6-7H,2-4H2,1H3. The summed E-state index contributed by atoms with van der Waals surface area (Å²) in [5.41, 5.74) is 0.